The minimum Gasteiger partial charge on any atom is -0.494 e. The summed E-state index contributed by atoms with van der Waals surface area (Å²) in [5.41, 5.74) is -1.23. The molecule has 0 radical (unpaired) electrons. The summed E-state index contributed by atoms with van der Waals surface area (Å²) in [6.07, 6.45) is -5.13. The van der Waals surface area contributed by atoms with Gasteiger partial charge in [0.05, 0.1) is 19.1 Å². The Morgan fingerprint density at radius 2 is 1.93 bits per heavy atom. The molecule has 1 aromatic heterocycles. The largest absolute Gasteiger partial charge is 0.494 e. The molecule has 2 aromatic carbocycles. The molecule has 0 unspecified atom stereocenters. The number of ether oxygens (including phenoxy) is 1. The van der Waals surface area contributed by atoms with Crippen molar-refractivity contribution in [2.45, 2.75) is 12.6 Å². The Balaban J connectivity index is 1.86. The summed E-state index contributed by atoms with van der Waals surface area (Å²) >= 11 is 0. The number of carbonyl (C=O) groups is 1. The predicted octanol–water partition coefficient (Wildman–Crippen LogP) is 3.25. The number of tetrazole rings is 1. The topological polar surface area (TPSA) is 69.9 Å². The van der Waals surface area contributed by atoms with Gasteiger partial charge < -0.3 is 4.74 Å². The van der Waals surface area contributed by atoms with Gasteiger partial charge in [-0.1, -0.05) is 18.2 Å². The lowest BCUT2D eigenvalue weighted by Gasteiger charge is -2.10. The molecule has 0 saturated heterocycles. The van der Waals surface area contributed by atoms with Crippen LogP contribution >= 0.6 is 0 Å². The number of Topliss-reactive ketones (excluding diaryl/α,β-unsaturated/α-hetero) is 1. The van der Waals surface area contributed by atoms with E-state index in [1.165, 1.54) is 25.3 Å². The van der Waals surface area contributed by atoms with Gasteiger partial charge in [0.25, 0.3) is 0 Å². The smallest absolute Gasteiger partial charge is 0.417 e. The molecule has 0 bridgehead atoms. The molecule has 0 aliphatic heterocycles. The minimum absolute atomic E-state index is 0.0802. The third kappa shape index (κ3) is 3.94. The molecule has 0 N–H and O–H groups in total. The summed E-state index contributed by atoms with van der Waals surface area (Å²) in [7, 11) is 1.33. The highest BCUT2D eigenvalue weighted by atomic mass is 19.4. The van der Waals surface area contributed by atoms with Gasteiger partial charge in [0.2, 0.25) is 0 Å². The second-order valence-electron chi connectivity index (χ2n) is 5.45. The van der Waals surface area contributed by atoms with Crippen LogP contribution in [0.2, 0.25) is 0 Å². The molecular weight excluding hydrogens is 368 g/mol. The second kappa shape index (κ2) is 7.14. The van der Waals surface area contributed by atoms with E-state index in [9.17, 15) is 22.4 Å². The van der Waals surface area contributed by atoms with Gasteiger partial charge in [-0.3, -0.25) is 4.79 Å². The van der Waals surface area contributed by atoms with E-state index in [0.29, 0.717) is 0 Å². The zero-order valence-corrected chi connectivity index (χ0v) is 13.9. The lowest BCUT2D eigenvalue weighted by atomic mass is 10.0. The molecule has 3 rings (SSSR count). The number of hydrogen-bond donors (Lipinski definition) is 0. The first kappa shape index (κ1) is 18.5. The average Bonchev–Trinajstić information content (AvgIpc) is 3.09. The van der Waals surface area contributed by atoms with E-state index >= 15 is 0 Å². The summed E-state index contributed by atoms with van der Waals surface area (Å²) in [4.78, 5) is 13.3. The van der Waals surface area contributed by atoms with Crippen LogP contribution in [0.15, 0.2) is 42.5 Å². The number of aromatic nitrogens is 4. The fourth-order valence-corrected chi connectivity index (χ4v) is 2.45. The molecule has 1 heterocycles. The first-order valence-electron chi connectivity index (χ1n) is 7.62. The van der Waals surface area contributed by atoms with Gasteiger partial charge in [-0.25, -0.2) is 4.39 Å². The predicted molar refractivity (Wildman–Crippen MR) is 85.1 cm³/mol. The Kier molecular flexibility index (Phi) is 4.89. The van der Waals surface area contributed by atoms with Crippen LogP contribution in [-0.2, 0) is 12.6 Å². The summed E-state index contributed by atoms with van der Waals surface area (Å²) in [5, 5.41) is 11.4. The maximum absolute atomic E-state index is 13.3. The van der Waals surface area contributed by atoms with Crippen LogP contribution in [-0.4, -0.2) is 33.1 Å². The first-order valence-corrected chi connectivity index (χ1v) is 7.62. The van der Waals surface area contributed by atoms with Crippen LogP contribution in [0.4, 0.5) is 17.6 Å². The zero-order valence-electron chi connectivity index (χ0n) is 13.9. The summed E-state index contributed by atoms with van der Waals surface area (Å²) < 4.78 is 57.4. The highest BCUT2D eigenvalue weighted by Crippen LogP contribution is 2.32. The maximum Gasteiger partial charge on any atom is 0.417 e. The van der Waals surface area contributed by atoms with Gasteiger partial charge in [-0.2, -0.15) is 13.2 Å². The van der Waals surface area contributed by atoms with Crippen LogP contribution in [0.25, 0.3) is 5.69 Å². The monoisotopic (exact) mass is 380 g/mol. The molecule has 3 aromatic rings. The highest BCUT2D eigenvalue weighted by molar-refractivity contribution is 5.98. The second-order valence-corrected chi connectivity index (χ2v) is 5.45. The quantitative estimate of drug-likeness (QED) is 0.502. The normalized spacial score (nSPS) is 11.4. The van der Waals surface area contributed by atoms with Gasteiger partial charge in [0.1, 0.15) is 17.3 Å². The minimum atomic E-state index is -4.65. The first-order chi connectivity index (χ1) is 12.8. The molecule has 6 nitrogen and oxygen atoms in total. The fourth-order valence-electron chi connectivity index (χ4n) is 2.45. The fraction of sp³-hybridized carbons (Fsp3) is 0.176. The number of halogens is 4. The van der Waals surface area contributed by atoms with Gasteiger partial charge >= 0.3 is 6.18 Å². The van der Waals surface area contributed by atoms with Crippen LogP contribution in [0.5, 0.6) is 5.75 Å². The third-order valence-electron chi connectivity index (χ3n) is 3.66. The van der Waals surface area contributed by atoms with Crippen molar-refractivity contribution in [1.82, 2.24) is 20.2 Å². The number of ketones is 1. The van der Waals surface area contributed by atoms with Crippen LogP contribution in [0, 0.1) is 5.82 Å². The van der Waals surface area contributed by atoms with Crippen LogP contribution in [0.3, 0.4) is 0 Å². The number of alkyl halides is 3. The lowest BCUT2D eigenvalue weighted by molar-refractivity contribution is -0.137. The molecule has 0 amide bonds. The average molecular weight is 380 g/mol. The molecule has 0 aliphatic carbocycles. The van der Waals surface area contributed by atoms with E-state index < -0.39 is 35.3 Å². The Labute approximate surface area is 150 Å². The Morgan fingerprint density at radius 3 is 2.63 bits per heavy atom. The number of benzene rings is 2. The van der Waals surface area contributed by atoms with Crippen LogP contribution < -0.4 is 4.74 Å². The van der Waals surface area contributed by atoms with Gasteiger partial charge in [-0.05, 0) is 23.4 Å². The lowest BCUT2D eigenvalue weighted by Crippen LogP contribution is -2.15. The van der Waals surface area contributed by atoms with Crippen molar-refractivity contribution in [3.05, 3.63) is 65.2 Å². The molecule has 10 heteroatoms. The van der Waals surface area contributed by atoms with Gasteiger partial charge in [0, 0.05) is 11.6 Å². The molecule has 140 valence electrons. The summed E-state index contributed by atoms with van der Waals surface area (Å²) in [5.74, 6) is -1.28. The Hall–Kier alpha value is -3.30. The van der Waals surface area contributed by atoms with E-state index in [1.807, 2.05) is 0 Å². The van der Waals surface area contributed by atoms with Crippen molar-refractivity contribution < 1.29 is 27.1 Å². The van der Waals surface area contributed by atoms with E-state index in [2.05, 4.69) is 15.4 Å². The molecule has 0 spiro atoms. The van der Waals surface area contributed by atoms with E-state index in [4.69, 9.17) is 4.74 Å². The number of hydrogen-bond acceptors (Lipinski definition) is 5. The molecule has 27 heavy (non-hydrogen) atoms. The molecule has 0 fully saturated rings. The molecular formula is C17H12F4N4O2. The summed E-state index contributed by atoms with van der Waals surface area (Å²) in [6.45, 7) is 0. The van der Waals surface area contributed by atoms with Crippen LogP contribution in [0.1, 0.15) is 21.7 Å². The maximum atomic E-state index is 13.3. The van der Waals surface area contributed by atoms with Crippen molar-refractivity contribution in [2.75, 3.05) is 7.11 Å². The van der Waals surface area contributed by atoms with Crippen molar-refractivity contribution in [1.29, 1.82) is 0 Å². The van der Waals surface area contributed by atoms with E-state index in [1.54, 1.807) is 0 Å². The Morgan fingerprint density at radius 1 is 1.19 bits per heavy atom. The highest BCUT2D eigenvalue weighted by Gasteiger charge is 2.34. The number of methoxy groups -OCH3 is 1. The standard InChI is InChI=1S/C17H12F4N4O2/c1-27-15-8-10(18)6-7-13(15)25-23-16(22-24-25)9-14(26)11-4-2-3-5-12(11)17(19,20)21/h2-8H,9H2,1H3. The van der Waals surface area contributed by atoms with Gasteiger partial charge in [-0.15, -0.1) is 15.0 Å². The van der Waals surface area contributed by atoms with Crippen molar-refractivity contribution >= 4 is 5.78 Å². The van der Waals surface area contributed by atoms with E-state index in [0.717, 1.165) is 29.1 Å². The van der Waals surface area contributed by atoms with E-state index in [-0.39, 0.29) is 17.3 Å². The van der Waals surface area contributed by atoms with Gasteiger partial charge in [0.15, 0.2) is 11.6 Å². The van der Waals surface area contributed by atoms with Crippen molar-refractivity contribution in [3.8, 4) is 11.4 Å². The SMILES string of the molecule is COc1cc(F)ccc1-n1nnc(CC(=O)c2ccccc2C(F)(F)F)n1. The number of carbonyl (C=O) groups excluding carboxylic acids is 1. The third-order valence-corrected chi connectivity index (χ3v) is 3.66. The molecule has 0 aliphatic rings. The number of nitrogens with zero attached hydrogens (tertiary/aromatic N) is 4. The number of rotatable bonds is 5. The Bertz CT molecular complexity index is 985. The zero-order chi connectivity index (χ0) is 19.6. The van der Waals surface area contributed by atoms with Crippen molar-refractivity contribution in [2.24, 2.45) is 0 Å². The molecule has 0 atom stereocenters. The molecule has 0 saturated carbocycles. The summed E-state index contributed by atoms with van der Waals surface area (Å²) in [6, 6.07) is 8.10. The van der Waals surface area contributed by atoms with Crippen molar-refractivity contribution in [3.63, 3.8) is 0 Å².